The Labute approximate surface area is 115 Å². The zero-order valence-corrected chi connectivity index (χ0v) is 12.1. The molecule has 0 aliphatic rings. The second kappa shape index (κ2) is 6.80. The molecule has 0 saturated heterocycles. The fraction of sp³-hybridized carbons (Fsp3) is 0.556. The highest BCUT2D eigenvalue weighted by Crippen LogP contribution is 2.36. The van der Waals surface area contributed by atoms with Crippen LogP contribution in [0.4, 0.5) is 10.7 Å². The molecule has 0 radical (unpaired) electrons. The minimum atomic E-state index is -3.74. The molecule has 0 spiro atoms. The normalized spacial score (nSPS) is 11.5. The predicted octanol–water partition coefficient (Wildman–Crippen LogP) is 1.01. The summed E-state index contributed by atoms with van der Waals surface area (Å²) in [6, 6.07) is 1.05. The molecule has 0 aromatic carbocycles. The number of hydrogen-bond donors (Lipinski definition) is 2. The first-order valence-corrected chi connectivity index (χ1v) is 7.73. The second-order valence-electron chi connectivity index (χ2n) is 3.46. The summed E-state index contributed by atoms with van der Waals surface area (Å²) in [6.45, 7) is 2.58. The summed E-state index contributed by atoms with van der Waals surface area (Å²) in [5, 5.41) is 13.8. The van der Waals surface area contributed by atoms with E-state index in [9.17, 15) is 18.5 Å². The molecule has 1 rings (SSSR count). The number of methoxy groups -OCH3 is 1. The Morgan fingerprint density at radius 1 is 1.53 bits per heavy atom. The van der Waals surface area contributed by atoms with Gasteiger partial charge < -0.3 is 10.1 Å². The lowest BCUT2D eigenvalue weighted by molar-refractivity contribution is -0.383. The van der Waals surface area contributed by atoms with E-state index in [0.717, 1.165) is 17.4 Å². The minimum Gasteiger partial charge on any atom is -0.383 e. The van der Waals surface area contributed by atoms with E-state index < -0.39 is 14.9 Å². The van der Waals surface area contributed by atoms with Gasteiger partial charge >= 0.3 is 5.69 Å². The third-order valence-electron chi connectivity index (χ3n) is 2.09. The van der Waals surface area contributed by atoms with Crippen LogP contribution in [0.3, 0.4) is 0 Å². The Kier molecular flexibility index (Phi) is 5.66. The van der Waals surface area contributed by atoms with Crippen LogP contribution in [-0.4, -0.2) is 40.1 Å². The van der Waals surface area contributed by atoms with Gasteiger partial charge in [-0.1, -0.05) is 11.3 Å². The van der Waals surface area contributed by atoms with Gasteiger partial charge in [0, 0.05) is 26.3 Å². The molecule has 19 heavy (non-hydrogen) atoms. The van der Waals surface area contributed by atoms with E-state index in [4.69, 9.17) is 4.74 Å². The molecule has 0 unspecified atom stereocenters. The number of sulfonamides is 1. The standard InChI is InChI=1S/C9H15N3O5S2/c1-3-10-9-7(12(13)14)6-8(18-9)19(15,16)11-4-5-17-2/h6,10-11H,3-5H2,1-2H3. The lowest BCUT2D eigenvalue weighted by atomic mass is 10.5. The lowest BCUT2D eigenvalue weighted by Crippen LogP contribution is -2.26. The SMILES string of the molecule is CCNc1sc(S(=O)(=O)NCCOC)cc1[N+](=O)[O-]. The highest BCUT2D eigenvalue weighted by molar-refractivity contribution is 7.91. The van der Waals surface area contributed by atoms with Gasteiger partial charge in [-0.3, -0.25) is 10.1 Å². The fourth-order valence-corrected chi connectivity index (χ4v) is 3.72. The first kappa shape index (κ1) is 15.8. The van der Waals surface area contributed by atoms with Crippen molar-refractivity contribution in [3.8, 4) is 0 Å². The van der Waals surface area contributed by atoms with Crippen LogP contribution in [0.1, 0.15) is 6.92 Å². The maximum Gasteiger partial charge on any atom is 0.304 e. The Bertz CT molecular complexity index is 540. The van der Waals surface area contributed by atoms with Crippen molar-refractivity contribution < 1.29 is 18.1 Å². The van der Waals surface area contributed by atoms with Crippen molar-refractivity contribution in [2.24, 2.45) is 0 Å². The van der Waals surface area contributed by atoms with Gasteiger partial charge in [-0.25, -0.2) is 13.1 Å². The third-order valence-corrected chi connectivity index (χ3v) is 5.10. The van der Waals surface area contributed by atoms with Gasteiger partial charge in [0.05, 0.1) is 11.5 Å². The molecule has 0 fully saturated rings. The number of hydrogen-bond acceptors (Lipinski definition) is 7. The van der Waals surface area contributed by atoms with E-state index in [2.05, 4.69) is 10.0 Å². The molecule has 0 bridgehead atoms. The lowest BCUT2D eigenvalue weighted by Gasteiger charge is -2.02. The highest BCUT2D eigenvalue weighted by Gasteiger charge is 2.25. The molecule has 108 valence electrons. The number of nitrogens with one attached hydrogen (secondary N) is 2. The van der Waals surface area contributed by atoms with Gasteiger partial charge in [0.2, 0.25) is 10.0 Å². The van der Waals surface area contributed by atoms with Crippen LogP contribution in [0.25, 0.3) is 0 Å². The molecule has 1 aromatic rings. The molecule has 0 amide bonds. The third kappa shape index (κ3) is 4.13. The molecule has 0 aliphatic heterocycles. The van der Waals surface area contributed by atoms with E-state index in [-0.39, 0.29) is 28.0 Å². The van der Waals surface area contributed by atoms with E-state index in [1.807, 2.05) is 0 Å². The van der Waals surface area contributed by atoms with Crippen LogP contribution in [0.15, 0.2) is 10.3 Å². The van der Waals surface area contributed by atoms with Crippen LogP contribution in [0.2, 0.25) is 0 Å². The zero-order chi connectivity index (χ0) is 14.5. The number of rotatable bonds is 8. The van der Waals surface area contributed by atoms with Crippen LogP contribution in [0.5, 0.6) is 0 Å². The van der Waals surface area contributed by atoms with Crippen molar-refractivity contribution in [1.82, 2.24) is 4.72 Å². The largest absolute Gasteiger partial charge is 0.383 e. The summed E-state index contributed by atoms with van der Waals surface area (Å²) in [6.07, 6.45) is 0. The Hall–Kier alpha value is -1.23. The zero-order valence-electron chi connectivity index (χ0n) is 10.5. The summed E-state index contributed by atoms with van der Waals surface area (Å²) in [5.74, 6) is 0. The topological polar surface area (TPSA) is 111 Å². The first-order valence-electron chi connectivity index (χ1n) is 5.43. The summed E-state index contributed by atoms with van der Waals surface area (Å²) in [5.41, 5.74) is -0.237. The van der Waals surface area contributed by atoms with Crippen molar-refractivity contribution in [2.75, 3.05) is 32.1 Å². The van der Waals surface area contributed by atoms with Crippen molar-refractivity contribution in [2.45, 2.75) is 11.1 Å². The monoisotopic (exact) mass is 309 g/mol. The van der Waals surface area contributed by atoms with Crippen molar-refractivity contribution in [1.29, 1.82) is 0 Å². The van der Waals surface area contributed by atoms with Crippen LogP contribution in [0, 0.1) is 10.1 Å². The minimum absolute atomic E-state index is 0.0914. The molecule has 10 heteroatoms. The smallest absolute Gasteiger partial charge is 0.304 e. The summed E-state index contributed by atoms with van der Waals surface area (Å²) < 4.78 is 30.7. The van der Waals surface area contributed by atoms with Crippen LogP contribution in [-0.2, 0) is 14.8 Å². The number of anilines is 1. The molecule has 1 heterocycles. The number of nitrogens with zero attached hydrogens (tertiary/aromatic N) is 1. The van der Waals surface area contributed by atoms with Crippen molar-refractivity contribution >= 4 is 32.0 Å². The maximum absolute atomic E-state index is 11.9. The second-order valence-corrected chi connectivity index (χ2v) is 6.50. The molecule has 2 N–H and O–H groups in total. The van der Waals surface area contributed by atoms with Crippen molar-refractivity contribution in [3.05, 3.63) is 16.2 Å². The van der Waals surface area contributed by atoms with Gasteiger partial charge in [0.25, 0.3) is 0 Å². The number of thiophene rings is 1. The van der Waals surface area contributed by atoms with Gasteiger partial charge in [-0.2, -0.15) is 0 Å². The predicted molar refractivity (Wildman–Crippen MR) is 72.2 cm³/mol. The van der Waals surface area contributed by atoms with Crippen LogP contribution >= 0.6 is 11.3 Å². The van der Waals surface area contributed by atoms with E-state index >= 15 is 0 Å². The Morgan fingerprint density at radius 2 is 2.21 bits per heavy atom. The molecular formula is C9H15N3O5S2. The average Bonchev–Trinajstić information content (AvgIpc) is 2.74. The number of ether oxygens (including phenoxy) is 1. The van der Waals surface area contributed by atoms with Gasteiger partial charge in [-0.05, 0) is 6.92 Å². The first-order chi connectivity index (χ1) is 8.92. The van der Waals surface area contributed by atoms with Crippen LogP contribution < -0.4 is 10.0 Å². The Balaban J connectivity index is 3.00. The van der Waals surface area contributed by atoms with Gasteiger partial charge in [-0.15, -0.1) is 0 Å². The fourth-order valence-electron chi connectivity index (χ4n) is 1.26. The Morgan fingerprint density at radius 3 is 2.74 bits per heavy atom. The van der Waals surface area contributed by atoms with Gasteiger partial charge in [0.15, 0.2) is 5.00 Å². The van der Waals surface area contributed by atoms with E-state index in [0.29, 0.717) is 6.54 Å². The molecule has 0 saturated carbocycles. The quantitative estimate of drug-likeness (QED) is 0.421. The van der Waals surface area contributed by atoms with Gasteiger partial charge in [0.1, 0.15) is 4.21 Å². The van der Waals surface area contributed by atoms with E-state index in [1.165, 1.54) is 7.11 Å². The molecule has 1 aromatic heterocycles. The van der Waals surface area contributed by atoms with E-state index in [1.54, 1.807) is 6.92 Å². The summed E-state index contributed by atoms with van der Waals surface area (Å²) in [7, 11) is -2.29. The summed E-state index contributed by atoms with van der Waals surface area (Å²) >= 11 is 0.833. The molecule has 0 aliphatic carbocycles. The number of nitro groups is 1. The molecular weight excluding hydrogens is 294 g/mol. The summed E-state index contributed by atoms with van der Waals surface area (Å²) in [4.78, 5) is 10.2. The molecule has 0 atom stereocenters. The average molecular weight is 309 g/mol. The van der Waals surface area contributed by atoms with Crippen molar-refractivity contribution in [3.63, 3.8) is 0 Å². The molecule has 8 nitrogen and oxygen atoms in total. The maximum atomic E-state index is 11.9. The highest BCUT2D eigenvalue weighted by atomic mass is 32.2.